The van der Waals surface area contributed by atoms with Crippen LogP contribution in [0.25, 0.3) is 21.5 Å². The van der Waals surface area contributed by atoms with Crippen molar-refractivity contribution in [3.05, 3.63) is 65.3 Å². The lowest BCUT2D eigenvalue weighted by Crippen LogP contribution is -2.41. The van der Waals surface area contributed by atoms with E-state index in [-0.39, 0.29) is 11.9 Å². The van der Waals surface area contributed by atoms with Gasteiger partial charge in [0.05, 0.1) is 9.88 Å². The summed E-state index contributed by atoms with van der Waals surface area (Å²) < 4.78 is 5.80. The maximum absolute atomic E-state index is 13.6. The highest BCUT2D eigenvalue weighted by Crippen LogP contribution is 2.33. The first-order valence-electron chi connectivity index (χ1n) is 11.0. The molecular formula is C25H26N4O2S. The van der Waals surface area contributed by atoms with Crippen LogP contribution in [0.2, 0.25) is 0 Å². The largest absolute Gasteiger partial charge is 0.424 e. The monoisotopic (exact) mass is 446 g/mol. The van der Waals surface area contributed by atoms with Crippen LogP contribution in [-0.2, 0) is 0 Å². The molecule has 0 bridgehead atoms. The van der Waals surface area contributed by atoms with Gasteiger partial charge in [-0.2, -0.15) is 4.98 Å². The van der Waals surface area contributed by atoms with Gasteiger partial charge in [0.25, 0.3) is 11.9 Å². The lowest BCUT2D eigenvalue weighted by Gasteiger charge is -2.26. The van der Waals surface area contributed by atoms with Gasteiger partial charge in [0, 0.05) is 19.1 Å². The van der Waals surface area contributed by atoms with E-state index in [1.54, 1.807) is 11.3 Å². The second kappa shape index (κ2) is 8.74. The minimum Gasteiger partial charge on any atom is -0.424 e. The Bertz CT molecular complexity index is 1200. The minimum absolute atomic E-state index is 0.00804. The predicted molar refractivity (Wildman–Crippen MR) is 128 cm³/mol. The van der Waals surface area contributed by atoms with Crippen molar-refractivity contribution >= 4 is 34.4 Å². The van der Waals surface area contributed by atoms with Crippen LogP contribution in [0.4, 0.5) is 6.01 Å². The number of carbonyl (C=O) groups excluding carboxylic acids is 1. The topological polar surface area (TPSA) is 71.3 Å². The number of amides is 1. The quantitative estimate of drug-likeness (QED) is 0.381. The molecule has 4 aromatic rings. The molecule has 0 spiro atoms. The predicted octanol–water partition coefficient (Wildman–Crippen LogP) is 5.61. The zero-order valence-electron chi connectivity index (χ0n) is 18.2. The summed E-state index contributed by atoms with van der Waals surface area (Å²) in [5, 5.41) is 4.22. The molecule has 32 heavy (non-hydrogen) atoms. The van der Waals surface area contributed by atoms with Gasteiger partial charge >= 0.3 is 0 Å². The molecule has 1 atom stereocenters. The molecule has 164 valence electrons. The number of thiazole rings is 1. The first-order chi connectivity index (χ1) is 15.6. The van der Waals surface area contributed by atoms with Gasteiger partial charge in [-0.1, -0.05) is 42.5 Å². The van der Waals surface area contributed by atoms with Crippen molar-refractivity contribution in [2.24, 2.45) is 5.92 Å². The summed E-state index contributed by atoms with van der Waals surface area (Å²) in [6.07, 6.45) is 2.36. The van der Waals surface area contributed by atoms with Crippen LogP contribution in [-0.4, -0.2) is 39.9 Å². The second-order valence-electron chi connectivity index (χ2n) is 8.46. The van der Waals surface area contributed by atoms with E-state index in [1.165, 1.54) is 12.8 Å². The molecule has 1 amide bonds. The fourth-order valence-corrected chi connectivity index (χ4v) is 4.80. The first kappa shape index (κ1) is 20.7. The van der Waals surface area contributed by atoms with E-state index < -0.39 is 0 Å². The summed E-state index contributed by atoms with van der Waals surface area (Å²) in [5.41, 5.74) is 3.15. The van der Waals surface area contributed by atoms with Crippen molar-refractivity contribution in [3.8, 4) is 10.4 Å². The minimum atomic E-state index is -0.0225. The van der Waals surface area contributed by atoms with Gasteiger partial charge in [-0.25, -0.2) is 4.98 Å². The normalized spacial score (nSPS) is 14.4. The lowest BCUT2D eigenvalue weighted by molar-refractivity contribution is 0.0738. The van der Waals surface area contributed by atoms with E-state index in [0.717, 1.165) is 33.1 Å². The summed E-state index contributed by atoms with van der Waals surface area (Å²) in [4.78, 5) is 25.7. The van der Waals surface area contributed by atoms with E-state index in [1.807, 2.05) is 73.3 Å². The first-order valence-corrected chi connectivity index (χ1v) is 11.8. The van der Waals surface area contributed by atoms with Gasteiger partial charge in [-0.05, 0) is 50.3 Å². The Morgan fingerprint density at radius 3 is 2.66 bits per heavy atom. The van der Waals surface area contributed by atoms with E-state index >= 15 is 0 Å². The number of anilines is 1. The molecule has 2 aromatic carbocycles. The summed E-state index contributed by atoms with van der Waals surface area (Å²) in [6, 6.07) is 18.2. The van der Waals surface area contributed by atoms with E-state index in [4.69, 9.17) is 4.42 Å². The highest BCUT2D eigenvalue weighted by Gasteiger charge is 2.31. The Labute approximate surface area is 191 Å². The van der Waals surface area contributed by atoms with Crippen LogP contribution >= 0.6 is 11.3 Å². The number of benzene rings is 2. The molecule has 7 heteroatoms. The number of hydrogen-bond donors (Lipinski definition) is 1. The lowest BCUT2D eigenvalue weighted by atomic mass is 10.1. The molecule has 0 radical (unpaired) electrons. The number of carbonyl (C=O) groups is 1. The summed E-state index contributed by atoms with van der Waals surface area (Å²) in [6.45, 7) is 5.31. The van der Waals surface area contributed by atoms with Crippen LogP contribution in [0.3, 0.4) is 0 Å². The maximum Gasteiger partial charge on any atom is 0.295 e. The zero-order valence-corrected chi connectivity index (χ0v) is 19.1. The molecule has 1 N–H and O–H groups in total. The number of para-hydroxylation sites is 2. The van der Waals surface area contributed by atoms with Crippen molar-refractivity contribution < 1.29 is 9.21 Å². The third kappa shape index (κ3) is 4.53. The molecule has 1 aliphatic rings. The molecule has 0 aliphatic heterocycles. The van der Waals surface area contributed by atoms with Crippen molar-refractivity contribution in [3.63, 3.8) is 0 Å². The number of aryl methyl sites for hydroxylation is 1. The molecule has 0 saturated heterocycles. The van der Waals surface area contributed by atoms with E-state index in [0.29, 0.717) is 24.2 Å². The van der Waals surface area contributed by atoms with Crippen LogP contribution in [0, 0.1) is 12.8 Å². The van der Waals surface area contributed by atoms with Gasteiger partial charge in [-0.15, -0.1) is 11.3 Å². The Kier molecular flexibility index (Phi) is 5.66. The number of fused-ring (bicyclic) bond motifs is 1. The molecule has 1 fully saturated rings. The third-order valence-electron chi connectivity index (χ3n) is 5.59. The smallest absolute Gasteiger partial charge is 0.295 e. The van der Waals surface area contributed by atoms with E-state index in [2.05, 4.69) is 15.3 Å². The molecule has 1 saturated carbocycles. The zero-order chi connectivity index (χ0) is 22.1. The Hall–Kier alpha value is -3.19. The number of nitrogens with zero attached hydrogens (tertiary/aromatic N) is 3. The molecular weight excluding hydrogens is 420 g/mol. The number of hydrogen-bond acceptors (Lipinski definition) is 6. The van der Waals surface area contributed by atoms with Gasteiger partial charge in [0.1, 0.15) is 11.2 Å². The number of aromatic nitrogens is 2. The van der Waals surface area contributed by atoms with Crippen molar-refractivity contribution in [2.45, 2.75) is 32.7 Å². The van der Waals surface area contributed by atoms with Crippen LogP contribution in [0.5, 0.6) is 0 Å². The standard InChI is InChI=1S/C25H26N4O2S/c1-16(26-25-28-20-10-6-7-11-21(20)31-25)14-29(15-18-12-13-18)24(30)22-23(32-17(2)27-22)19-8-4-3-5-9-19/h3-11,16,18H,12-15H2,1-2H3,(H,26,28)/t16-/m0/s1. The Morgan fingerprint density at radius 1 is 1.16 bits per heavy atom. The van der Waals surface area contributed by atoms with Gasteiger partial charge in [0.15, 0.2) is 5.58 Å². The highest BCUT2D eigenvalue weighted by atomic mass is 32.1. The molecule has 2 heterocycles. The van der Waals surface area contributed by atoms with Gasteiger partial charge < -0.3 is 14.6 Å². The Balaban J connectivity index is 1.36. The second-order valence-corrected chi connectivity index (χ2v) is 9.67. The number of rotatable bonds is 8. The molecule has 1 aliphatic carbocycles. The van der Waals surface area contributed by atoms with Crippen molar-refractivity contribution in [1.82, 2.24) is 14.9 Å². The van der Waals surface area contributed by atoms with Crippen LogP contribution in [0.15, 0.2) is 59.0 Å². The average molecular weight is 447 g/mol. The maximum atomic E-state index is 13.6. The number of oxazole rings is 1. The number of nitrogens with one attached hydrogen (secondary N) is 1. The summed E-state index contributed by atoms with van der Waals surface area (Å²) >= 11 is 1.57. The Morgan fingerprint density at radius 2 is 1.91 bits per heavy atom. The highest BCUT2D eigenvalue weighted by molar-refractivity contribution is 7.15. The molecule has 0 unspecified atom stereocenters. The van der Waals surface area contributed by atoms with Gasteiger partial charge in [0.2, 0.25) is 0 Å². The third-order valence-corrected chi connectivity index (χ3v) is 6.61. The fourth-order valence-electron chi connectivity index (χ4n) is 3.88. The summed E-state index contributed by atoms with van der Waals surface area (Å²) in [5.74, 6) is 0.571. The van der Waals surface area contributed by atoms with Gasteiger partial charge in [-0.3, -0.25) is 4.79 Å². The van der Waals surface area contributed by atoms with Crippen molar-refractivity contribution in [2.75, 3.05) is 18.4 Å². The fraction of sp³-hybridized carbons (Fsp3) is 0.320. The SMILES string of the molecule is Cc1nc(C(=O)N(CC2CC2)C[C@H](C)Nc2nc3ccccc3o2)c(-c2ccccc2)s1. The van der Waals surface area contributed by atoms with Crippen LogP contribution < -0.4 is 5.32 Å². The molecule has 2 aromatic heterocycles. The van der Waals surface area contributed by atoms with Crippen LogP contribution in [0.1, 0.15) is 35.3 Å². The average Bonchev–Trinajstić information content (AvgIpc) is 3.38. The molecule has 6 nitrogen and oxygen atoms in total. The van der Waals surface area contributed by atoms with Crippen molar-refractivity contribution in [1.29, 1.82) is 0 Å². The summed E-state index contributed by atoms with van der Waals surface area (Å²) in [7, 11) is 0. The molecule has 5 rings (SSSR count). The van der Waals surface area contributed by atoms with E-state index in [9.17, 15) is 4.79 Å².